The Balaban J connectivity index is 1.09. The van der Waals surface area contributed by atoms with Gasteiger partial charge in [-0.05, 0) is 72.9 Å². The van der Waals surface area contributed by atoms with Crippen molar-refractivity contribution in [3.63, 3.8) is 0 Å². The third-order valence-electron chi connectivity index (χ3n) is 8.85. The van der Waals surface area contributed by atoms with Crippen LogP contribution in [0.25, 0.3) is 44.8 Å². The second-order valence-corrected chi connectivity index (χ2v) is 12.0. The number of nitrogens with two attached hydrogens (primary N) is 2. The first kappa shape index (κ1) is 30.6. The van der Waals surface area contributed by atoms with Crippen LogP contribution in [0.3, 0.4) is 0 Å². The van der Waals surface area contributed by atoms with Gasteiger partial charge in [0.25, 0.3) is 0 Å². The lowest BCUT2D eigenvalue weighted by atomic mass is 9.99. The predicted molar refractivity (Wildman–Crippen MR) is 185 cm³/mol. The van der Waals surface area contributed by atoms with Crippen molar-refractivity contribution in [1.82, 2.24) is 30.2 Å². The van der Waals surface area contributed by atoms with E-state index in [4.69, 9.17) is 11.5 Å². The van der Waals surface area contributed by atoms with Crippen molar-refractivity contribution in [2.45, 2.75) is 31.9 Å². The molecular weight excluding hydrogens is 606 g/mol. The number of benzene rings is 3. The molecule has 2 atom stereocenters. The third kappa shape index (κ3) is 5.96. The number of para-hydroxylation sites is 1. The fourth-order valence-corrected chi connectivity index (χ4v) is 6.13. The first-order chi connectivity index (χ1) is 23.2. The summed E-state index contributed by atoms with van der Waals surface area (Å²) in [5, 5.41) is 52.7. The summed E-state index contributed by atoms with van der Waals surface area (Å²) >= 11 is 0. The van der Waals surface area contributed by atoms with E-state index < -0.39 is 6.10 Å². The molecule has 6 aromatic rings. The summed E-state index contributed by atoms with van der Waals surface area (Å²) in [5.41, 5.74) is 19.4. The van der Waals surface area contributed by atoms with Gasteiger partial charge in [0, 0.05) is 41.5 Å². The van der Waals surface area contributed by atoms with Gasteiger partial charge in [-0.15, -0.1) is 20.4 Å². The van der Waals surface area contributed by atoms with E-state index in [2.05, 4.69) is 32.4 Å². The predicted octanol–water partition coefficient (Wildman–Crippen LogP) is 5.28. The quantitative estimate of drug-likeness (QED) is 0.153. The molecule has 3 aromatic heterocycles. The Morgan fingerprint density at radius 1 is 0.750 bits per heavy atom. The van der Waals surface area contributed by atoms with E-state index in [0.717, 1.165) is 41.6 Å². The molecule has 0 spiro atoms. The molecular formula is C36H35N9O3. The minimum atomic E-state index is -0.413. The fourth-order valence-electron chi connectivity index (χ4n) is 6.13. The molecule has 1 aliphatic rings. The molecule has 0 aliphatic carbocycles. The number of aromatic hydroxyl groups is 2. The lowest BCUT2D eigenvalue weighted by Gasteiger charge is -2.32. The average molecular weight is 642 g/mol. The van der Waals surface area contributed by atoms with Gasteiger partial charge in [0.05, 0.1) is 35.4 Å². The zero-order valence-electron chi connectivity index (χ0n) is 26.3. The number of hydrogen-bond acceptors (Lipinski definition) is 11. The van der Waals surface area contributed by atoms with Crippen molar-refractivity contribution in [3.8, 4) is 56.3 Å². The second kappa shape index (κ2) is 12.6. The molecule has 2 unspecified atom stereocenters. The minimum absolute atomic E-state index is 0.0771. The smallest absolute Gasteiger partial charge is 0.169 e. The van der Waals surface area contributed by atoms with Crippen molar-refractivity contribution >= 4 is 17.3 Å². The highest BCUT2D eigenvalue weighted by molar-refractivity contribution is 5.79. The lowest BCUT2D eigenvalue weighted by Crippen LogP contribution is -2.38. The van der Waals surface area contributed by atoms with Gasteiger partial charge in [0.2, 0.25) is 0 Å². The van der Waals surface area contributed by atoms with E-state index in [1.165, 1.54) is 0 Å². The molecule has 48 heavy (non-hydrogen) atoms. The fraction of sp³-hybridized carbons (Fsp3) is 0.194. The molecule has 7 rings (SSSR count). The number of aliphatic hydroxyl groups is 1. The molecule has 7 N–H and O–H groups in total. The highest BCUT2D eigenvalue weighted by atomic mass is 16.3. The van der Waals surface area contributed by atoms with Gasteiger partial charge in [0.1, 0.15) is 11.5 Å². The number of β-amino-alcohol motifs (C(OH)–C–C–N with tert-alkyl or cyclic N) is 1. The summed E-state index contributed by atoms with van der Waals surface area (Å²) in [6.45, 7) is 3.31. The molecule has 1 saturated heterocycles. The molecule has 242 valence electrons. The number of nitrogen functional groups attached to an aromatic ring is 2. The lowest BCUT2D eigenvalue weighted by molar-refractivity contribution is 0.154. The van der Waals surface area contributed by atoms with Crippen molar-refractivity contribution in [2.75, 3.05) is 29.5 Å². The number of piperidine rings is 1. The van der Waals surface area contributed by atoms with E-state index in [0.29, 0.717) is 46.1 Å². The van der Waals surface area contributed by atoms with Gasteiger partial charge in [-0.25, -0.2) is 0 Å². The minimum Gasteiger partial charge on any atom is -0.507 e. The molecule has 0 bridgehead atoms. The Morgan fingerprint density at radius 2 is 1.46 bits per heavy atom. The maximum absolute atomic E-state index is 11.0. The summed E-state index contributed by atoms with van der Waals surface area (Å²) in [6, 6.07) is 24.1. The Hall–Kier alpha value is -6.01. The van der Waals surface area contributed by atoms with Gasteiger partial charge in [-0.3, -0.25) is 4.68 Å². The Kier molecular flexibility index (Phi) is 8.07. The topological polar surface area (TPSA) is 185 Å². The molecule has 12 nitrogen and oxygen atoms in total. The van der Waals surface area contributed by atoms with Gasteiger partial charge >= 0.3 is 0 Å². The molecule has 0 radical (unpaired) electrons. The van der Waals surface area contributed by atoms with Gasteiger partial charge < -0.3 is 31.7 Å². The van der Waals surface area contributed by atoms with Crippen molar-refractivity contribution < 1.29 is 15.3 Å². The first-order valence-electron chi connectivity index (χ1n) is 15.7. The number of phenols is 2. The molecule has 3 aromatic carbocycles. The Morgan fingerprint density at radius 3 is 2.21 bits per heavy atom. The highest BCUT2D eigenvalue weighted by Crippen LogP contribution is 2.36. The maximum atomic E-state index is 11.0. The molecule has 12 heteroatoms. The van der Waals surface area contributed by atoms with Crippen LogP contribution in [0.4, 0.5) is 17.3 Å². The largest absolute Gasteiger partial charge is 0.507 e. The van der Waals surface area contributed by atoms with E-state index >= 15 is 0 Å². The third-order valence-corrected chi connectivity index (χ3v) is 8.85. The van der Waals surface area contributed by atoms with Crippen LogP contribution in [0.5, 0.6) is 11.5 Å². The van der Waals surface area contributed by atoms with Crippen molar-refractivity contribution in [3.05, 3.63) is 96.8 Å². The number of nitrogens with zero attached hydrogens (tertiary/aromatic N) is 7. The number of rotatable bonds is 7. The van der Waals surface area contributed by atoms with E-state index in [1.807, 2.05) is 64.3 Å². The van der Waals surface area contributed by atoms with Crippen LogP contribution in [0.1, 0.15) is 31.4 Å². The van der Waals surface area contributed by atoms with Gasteiger partial charge in [0.15, 0.2) is 11.6 Å². The van der Waals surface area contributed by atoms with Crippen LogP contribution >= 0.6 is 0 Å². The van der Waals surface area contributed by atoms with Crippen molar-refractivity contribution in [1.29, 1.82) is 0 Å². The normalized spacial score (nSPS) is 15.4. The highest BCUT2D eigenvalue weighted by Gasteiger charge is 2.22. The number of phenolic OH excluding ortho intramolecular Hbond substituents is 2. The SMILES string of the molecule is CC(c1ccc(-c2ccc(-c3cc(N4CCCC(O)C4)c(N)nn3)c(O)c2)cc1)n1cc(-c2cc(-c3ccccc3O)nnc2N)cn1. The average Bonchev–Trinajstić information content (AvgIpc) is 3.59. The summed E-state index contributed by atoms with van der Waals surface area (Å²) in [7, 11) is 0. The number of hydrogen-bond donors (Lipinski definition) is 5. The van der Waals surface area contributed by atoms with Gasteiger partial charge in [-0.1, -0.05) is 42.5 Å². The summed E-state index contributed by atoms with van der Waals surface area (Å²) in [6.07, 6.45) is 4.86. The zero-order chi connectivity index (χ0) is 33.4. The van der Waals surface area contributed by atoms with Gasteiger partial charge in [-0.2, -0.15) is 5.10 Å². The standard InChI is InChI=1S/C36H35N9O3/c1-21(45-19-25(18-39-45)29-16-30(40-42-35(29)37)27-6-2-3-7-33(27)47)22-8-10-23(11-9-22)24-12-13-28(34(48)15-24)31-17-32(36(38)43-41-31)44-14-4-5-26(46)20-44/h2-3,6-13,15-19,21,26,46-48H,4-5,14,20H2,1H3,(H2,37,42)(H2,38,43). The van der Waals surface area contributed by atoms with E-state index in [1.54, 1.807) is 36.5 Å². The number of aromatic nitrogens is 6. The molecule has 0 saturated carbocycles. The van der Waals surface area contributed by atoms with Crippen LogP contribution in [-0.4, -0.2) is 64.7 Å². The second-order valence-electron chi connectivity index (χ2n) is 12.0. The number of anilines is 3. The Labute approximate surface area is 277 Å². The number of aliphatic hydroxyl groups excluding tert-OH is 1. The molecule has 4 heterocycles. The molecule has 1 aliphatic heterocycles. The van der Waals surface area contributed by atoms with Crippen molar-refractivity contribution in [2.24, 2.45) is 0 Å². The van der Waals surface area contributed by atoms with Crippen LogP contribution in [-0.2, 0) is 0 Å². The maximum Gasteiger partial charge on any atom is 0.169 e. The summed E-state index contributed by atoms with van der Waals surface area (Å²) in [4.78, 5) is 2.01. The zero-order valence-corrected chi connectivity index (χ0v) is 26.3. The van der Waals surface area contributed by atoms with Crippen LogP contribution < -0.4 is 16.4 Å². The Bertz CT molecular complexity index is 2100. The molecule has 1 fully saturated rings. The first-order valence-corrected chi connectivity index (χ1v) is 15.7. The van der Waals surface area contributed by atoms with E-state index in [-0.39, 0.29) is 23.4 Å². The monoisotopic (exact) mass is 641 g/mol. The van der Waals surface area contributed by atoms with Crippen LogP contribution in [0, 0.1) is 0 Å². The van der Waals surface area contributed by atoms with E-state index in [9.17, 15) is 15.3 Å². The molecule has 0 amide bonds. The summed E-state index contributed by atoms with van der Waals surface area (Å²) < 4.78 is 1.86. The van der Waals surface area contributed by atoms with Crippen LogP contribution in [0.15, 0.2) is 91.3 Å². The van der Waals surface area contributed by atoms with Crippen LogP contribution in [0.2, 0.25) is 0 Å². The summed E-state index contributed by atoms with van der Waals surface area (Å²) in [5.74, 6) is 0.752.